The number of fused-ring (bicyclic) bond motifs is 3. The van der Waals surface area contributed by atoms with Crippen molar-refractivity contribution < 1.29 is 23.1 Å². The van der Waals surface area contributed by atoms with Gasteiger partial charge in [-0.2, -0.15) is 0 Å². The van der Waals surface area contributed by atoms with Crippen molar-refractivity contribution in [3.63, 3.8) is 0 Å². The van der Waals surface area contributed by atoms with Crippen molar-refractivity contribution in [1.29, 1.82) is 0 Å². The first-order valence-electron chi connectivity index (χ1n) is 11.2. The van der Waals surface area contributed by atoms with Crippen LogP contribution in [0, 0.1) is 6.92 Å². The van der Waals surface area contributed by atoms with E-state index in [1.54, 1.807) is 12.1 Å². The van der Waals surface area contributed by atoms with E-state index in [4.69, 9.17) is 9.84 Å². The molecule has 1 aliphatic rings. The van der Waals surface area contributed by atoms with Crippen LogP contribution in [0.25, 0.3) is 11.3 Å². The molecule has 1 atom stereocenters. The average Bonchev–Trinajstić information content (AvgIpc) is 3.31. The third-order valence-electron chi connectivity index (χ3n) is 6.06. The van der Waals surface area contributed by atoms with Gasteiger partial charge in [-0.05, 0) is 37.0 Å². The molecule has 1 unspecified atom stereocenters. The number of nitrogens with zero attached hydrogens (tertiary/aromatic N) is 1. The zero-order valence-electron chi connectivity index (χ0n) is 19.0. The van der Waals surface area contributed by atoms with E-state index in [-0.39, 0.29) is 4.34 Å². The van der Waals surface area contributed by atoms with E-state index >= 15 is 0 Å². The summed E-state index contributed by atoms with van der Waals surface area (Å²) in [6, 6.07) is 22.2. The number of thiazole rings is 1. The van der Waals surface area contributed by atoms with Crippen LogP contribution in [-0.4, -0.2) is 31.1 Å². The molecule has 0 radical (unpaired) electrons. The maximum absolute atomic E-state index is 14.1. The highest BCUT2D eigenvalue weighted by Crippen LogP contribution is 2.44. The Morgan fingerprint density at radius 3 is 2.43 bits per heavy atom. The smallest absolute Gasteiger partial charge is 0.341 e. The lowest BCUT2D eigenvalue weighted by atomic mass is 9.93. The number of aliphatic carboxylic acids is 1. The van der Waals surface area contributed by atoms with Gasteiger partial charge in [0, 0.05) is 16.0 Å². The number of carboxylic acid groups (broad SMARTS) is 1. The second kappa shape index (κ2) is 9.28. The van der Waals surface area contributed by atoms with Gasteiger partial charge in [0.2, 0.25) is 14.2 Å². The molecule has 6 nitrogen and oxygen atoms in total. The maximum Gasteiger partial charge on any atom is 0.341 e. The van der Waals surface area contributed by atoms with E-state index in [2.05, 4.69) is 4.98 Å². The van der Waals surface area contributed by atoms with Gasteiger partial charge in [0.1, 0.15) is 11.0 Å². The number of benzene rings is 3. The summed E-state index contributed by atoms with van der Waals surface area (Å²) in [6.07, 6.45) is 1.24. The molecule has 5 rings (SSSR count). The molecule has 4 aromatic rings. The van der Waals surface area contributed by atoms with Crippen molar-refractivity contribution in [2.24, 2.45) is 0 Å². The lowest BCUT2D eigenvalue weighted by Gasteiger charge is -2.18. The highest BCUT2D eigenvalue weighted by Gasteiger charge is 2.35. The van der Waals surface area contributed by atoms with Crippen LogP contribution in [0.5, 0.6) is 5.75 Å². The molecular weight excluding hydrogens is 482 g/mol. The number of sulfone groups is 1. The standard InChI is InChI=1S/C27H23NO5S2/c1-17-10-12-19(13-11-17)26(18-6-3-2-4-7-18)35(31,32)27-28-25-21-8-5-9-22(33-16-24(29)30)20(21)14-15-23(25)34-27/h2-13,26H,14-16H2,1H3,(H,29,30). The third kappa shape index (κ3) is 4.47. The van der Waals surface area contributed by atoms with Crippen molar-refractivity contribution in [3.05, 3.63) is 99.9 Å². The van der Waals surface area contributed by atoms with E-state index in [1.807, 2.05) is 67.6 Å². The number of aryl methyl sites for hydroxylation is 2. The largest absolute Gasteiger partial charge is 0.482 e. The molecule has 0 bridgehead atoms. The van der Waals surface area contributed by atoms with Gasteiger partial charge in [-0.1, -0.05) is 72.3 Å². The fraction of sp³-hybridized carbons (Fsp3) is 0.185. The second-order valence-electron chi connectivity index (χ2n) is 8.46. The maximum atomic E-state index is 14.1. The molecule has 0 saturated carbocycles. The Labute approximate surface area is 207 Å². The SMILES string of the molecule is Cc1ccc(C(c2ccccc2)S(=O)(=O)c2nc3c(s2)CCc2c(OCC(=O)O)cccc2-3)cc1. The molecule has 0 amide bonds. The van der Waals surface area contributed by atoms with Crippen LogP contribution in [0.3, 0.4) is 0 Å². The summed E-state index contributed by atoms with van der Waals surface area (Å²) >= 11 is 1.22. The first-order chi connectivity index (χ1) is 16.8. The summed E-state index contributed by atoms with van der Waals surface area (Å²) in [5, 5.41) is 8.11. The molecule has 1 N–H and O–H groups in total. The van der Waals surface area contributed by atoms with Crippen molar-refractivity contribution >= 4 is 27.1 Å². The average molecular weight is 506 g/mol. The molecule has 3 aromatic carbocycles. The first-order valence-corrected chi connectivity index (χ1v) is 13.5. The number of hydrogen-bond donors (Lipinski definition) is 1. The van der Waals surface area contributed by atoms with Crippen LogP contribution < -0.4 is 4.74 Å². The number of rotatable bonds is 7. The Bertz CT molecular complexity index is 1490. The van der Waals surface area contributed by atoms with Crippen LogP contribution in [0.15, 0.2) is 77.1 Å². The molecule has 1 aliphatic carbocycles. The van der Waals surface area contributed by atoms with Gasteiger partial charge in [0.15, 0.2) is 6.61 Å². The fourth-order valence-electron chi connectivity index (χ4n) is 4.41. The van der Waals surface area contributed by atoms with E-state index < -0.39 is 27.7 Å². The van der Waals surface area contributed by atoms with Crippen molar-refractivity contribution in [1.82, 2.24) is 4.98 Å². The molecule has 0 fully saturated rings. The summed E-state index contributed by atoms with van der Waals surface area (Å²) in [5.74, 6) is -0.557. The molecule has 1 heterocycles. The number of carbonyl (C=O) groups is 1. The topological polar surface area (TPSA) is 93.6 Å². The quantitative estimate of drug-likeness (QED) is 0.369. The zero-order valence-corrected chi connectivity index (χ0v) is 20.6. The molecule has 1 aromatic heterocycles. The number of carboxylic acids is 1. The normalized spacial score (nSPS) is 13.5. The minimum atomic E-state index is -3.85. The van der Waals surface area contributed by atoms with Crippen LogP contribution in [0.1, 0.15) is 32.4 Å². The molecule has 0 spiro atoms. The second-order valence-corrected chi connectivity index (χ2v) is 11.8. The Hall–Kier alpha value is -3.49. The van der Waals surface area contributed by atoms with Gasteiger partial charge in [0.25, 0.3) is 0 Å². The van der Waals surface area contributed by atoms with Gasteiger partial charge < -0.3 is 9.84 Å². The summed E-state index contributed by atoms with van der Waals surface area (Å²) in [6.45, 7) is 1.53. The van der Waals surface area contributed by atoms with Crippen LogP contribution >= 0.6 is 11.3 Å². The molecule has 35 heavy (non-hydrogen) atoms. The number of ether oxygens (including phenoxy) is 1. The van der Waals surface area contributed by atoms with Crippen molar-refractivity contribution in [2.45, 2.75) is 29.4 Å². The Morgan fingerprint density at radius 2 is 1.71 bits per heavy atom. The van der Waals surface area contributed by atoms with Crippen LogP contribution in [0.2, 0.25) is 0 Å². The molecule has 8 heteroatoms. The molecule has 0 aliphatic heterocycles. The molecule has 178 valence electrons. The minimum Gasteiger partial charge on any atom is -0.482 e. The Balaban J connectivity index is 1.59. The van der Waals surface area contributed by atoms with Crippen molar-refractivity contribution in [3.8, 4) is 17.0 Å². The predicted octanol–water partition coefficient (Wildman–Crippen LogP) is 5.24. The lowest BCUT2D eigenvalue weighted by molar-refractivity contribution is -0.139. The number of aromatic nitrogens is 1. The van der Waals surface area contributed by atoms with Gasteiger partial charge in [-0.25, -0.2) is 18.2 Å². The Morgan fingerprint density at radius 1 is 1.00 bits per heavy atom. The van der Waals surface area contributed by atoms with Crippen molar-refractivity contribution in [2.75, 3.05) is 6.61 Å². The van der Waals surface area contributed by atoms with E-state index in [0.717, 1.165) is 21.6 Å². The summed E-state index contributed by atoms with van der Waals surface area (Å²) in [5.41, 5.74) is 4.72. The van der Waals surface area contributed by atoms with Gasteiger partial charge in [-0.15, -0.1) is 11.3 Å². The van der Waals surface area contributed by atoms with Gasteiger partial charge in [-0.3, -0.25) is 0 Å². The lowest BCUT2D eigenvalue weighted by Crippen LogP contribution is -2.15. The van der Waals surface area contributed by atoms with Crippen LogP contribution in [-0.2, 0) is 27.5 Å². The first kappa shape index (κ1) is 23.3. The summed E-state index contributed by atoms with van der Waals surface area (Å²) in [7, 11) is -3.85. The minimum absolute atomic E-state index is 0.0848. The predicted molar refractivity (Wildman–Crippen MR) is 135 cm³/mol. The van der Waals surface area contributed by atoms with E-state index in [9.17, 15) is 13.2 Å². The Kier molecular flexibility index (Phi) is 6.17. The monoisotopic (exact) mass is 505 g/mol. The zero-order chi connectivity index (χ0) is 24.6. The highest BCUT2D eigenvalue weighted by atomic mass is 32.2. The van der Waals surface area contributed by atoms with Gasteiger partial charge >= 0.3 is 5.97 Å². The van der Waals surface area contributed by atoms with Gasteiger partial charge in [0.05, 0.1) is 5.69 Å². The fourth-order valence-corrected chi connectivity index (χ4v) is 7.72. The number of hydrogen-bond acceptors (Lipinski definition) is 6. The highest BCUT2D eigenvalue weighted by molar-refractivity contribution is 7.93. The molecule has 0 saturated heterocycles. The van der Waals surface area contributed by atoms with E-state index in [0.29, 0.717) is 35.4 Å². The third-order valence-corrected chi connectivity index (χ3v) is 9.65. The van der Waals surface area contributed by atoms with E-state index in [1.165, 1.54) is 11.3 Å². The van der Waals surface area contributed by atoms with Crippen LogP contribution in [0.4, 0.5) is 0 Å². The molecular formula is C27H23NO5S2. The summed E-state index contributed by atoms with van der Waals surface area (Å²) < 4.78 is 33.7. The summed E-state index contributed by atoms with van der Waals surface area (Å²) in [4.78, 5) is 16.5.